The molecule has 0 spiro atoms. The van der Waals surface area contributed by atoms with Gasteiger partial charge in [0.1, 0.15) is 4.21 Å². The summed E-state index contributed by atoms with van der Waals surface area (Å²) in [6.07, 6.45) is 8.66. The zero-order chi connectivity index (χ0) is 18.6. The van der Waals surface area contributed by atoms with Crippen molar-refractivity contribution >= 4 is 27.3 Å². The molecular formula is C19H30N2O3S2. The van der Waals surface area contributed by atoms with Crippen molar-refractivity contribution in [1.29, 1.82) is 0 Å². The summed E-state index contributed by atoms with van der Waals surface area (Å²) in [7, 11) is -3.36. The first-order chi connectivity index (χ1) is 12.5. The van der Waals surface area contributed by atoms with Crippen molar-refractivity contribution in [1.82, 2.24) is 9.62 Å². The monoisotopic (exact) mass is 398 g/mol. The van der Waals surface area contributed by atoms with Crippen LogP contribution in [0.5, 0.6) is 0 Å². The van der Waals surface area contributed by atoms with Crippen molar-refractivity contribution in [2.75, 3.05) is 13.1 Å². The van der Waals surface area contributed by atoms with E-state index in [1.165, 1.54) is 37.0 Å². The van der Waals surface area contributed by atoms with Crippen LogP contribution in [0.1, 0.15) is 58.3 Å². The Balaban J connectivity index is 1.51. The second-order valence-electron chi connectivity index (χ2n) is 7.66. The van der Waals surface area contributed by atoms with Crippen molar-refractivity contribution in [3.63, 3.8) is 0 Å². The molecule has 0 aromatic carbocycles. The number of nitrogens with zero attached hydrogens (tertiary/aromatic N) is 1. The van der Waals surface area contributed by atoms with Gasteiger partial charge < -0.3 is 5.32 Å². The summed E-state index contributed by atoms with van der Waals surface area (Å²) in [5.74, 6) is 0.358. The number of amides is 1. The standard InChI is InChI=1S/C19H30N2O3S2/c1-15(19(22)20-17-7-4-2-3-5-8-17)16-10-12-21(13-11-16)26(23,24)18-9-6-14-25-18/h6,9,14-17H,2-5,7-8,10-13H2,1H3,(H,20,22)/t15-/m0/s1. The van der Waals surface area contributed by atoms with Gasteiger partial charge in [0.05, 0.1) is 0 Å². The van der Waals surface area contributed by atoms with Crippen LogP contribution in [0, 0.1) is 11.8 Å². The van der Waals surface area contributed by atoms with Gasteiger partial charge in [-0.15, -0.1) is 11.3 Å². The summed E-state index contributed by atoms with van der Waals surface area (Å²) in [5, 5.41) is 5.04. The van der Waals surface area contributed by atoms with Gasteiger partial charge in [0.25, 0.3) is 10.0 Å². The Bertz CT molecular complexity index is 672. The van der Waals surface area contributed by atoms with Crippen LogP contribution in [-0.4, -0.2) is 37.8 Å². The molecule has 3 rings (SSSR count). The van der Waals surface area contributed by atoms with Crippen LogP contribution in [-0.2, 0) is 14.8 Å². The predicted molar refractivity (Wildman–Crippen MR) is 105 cm³/mol. The van der Waals surface area contributed by atoms with Crippen molar-refractivity contribution < 1.29 is 13.2 Å². The summed E-state index contributed by atoms with van der Waals surface area (Å²) in [4.78, 5) is 12.6. The van der Waals surface area contributed by atoms with E-state index < -0.39 is 10.0 Å². The molecule has 7 heteroatoms. The third kappa shape index (κ3) is 4.67. The minimum Gasteiger partial charge on any atom is -0.353 e. The van der Waals surface area contributed by atoms with Gasteiger partial charge in [0.15, 0.2) is 0 Å². The molecule has 1 aliphatic carbocycles. The molecule has 146 valence electrons. The molecule has 2 fully saturated rings. The van der Waals surface area contributed by atoms with Crippen molar-refractivity contribution in [2.45, 2.75) is 68.5 Å². The first kappa shape index (κ1) is 19.8. The first-order valence-electron chi connectivity index (χ1n) is 9.82. The summed E-state index contributed by atoms with van der Waals surface area (Å²) < 4.78 is 27.2. The lowest BCUT2D eigenvalue weighted by molar-refractivity contribution is -0.127. The molecule has 1 saturated carbocycles. The molecular weight excluding hydrogens is 368 g/mol. The highest BCUT2D eigenvalue weighted by atomic mass is 32.2. The van der Waals surface area contributed by atoms with E-state index >= 15 is 0 Å². The molecule has 0 unspecified atom stereocenters. The second-order valence-corrected chi connectivity index (χ2v) is 10.8. The maximum absolute atomic E-state index is 12.6. The Morgan fingerprint density at radius 3 is 2.38 bits per heavy atom. The number of sulfonamides is 1. The summed E-state index contributed by atoms with van der Waals surface area (Å²) in [6, 6.07) is 3.76. The van der Waals surface area contributed by atoms with Crippen molar-refractivity contribution in [2.24, 2.45) is 11.8 Å². The average molecular weight is 399 g/mol. The van der Waals surface area contributed by atoms with Gasteiger partial charge in [-0.2, -0.15) is 4.31 Å². The van der Waals surface area contributed by atoms with Crippen molar-refractivity contribution in [3.05, 3.63) is 17.5 Å². The molecule has 0 bridgehead atoms. The maximum Gasteiger partial charge on any atom is 0.252 e. The molecule has 5 nitrogen and oxygen atoms in total. The van der Waals surface area contributed by atoms with Gasteiger partial charge in [-0.1, -0.05) is 38.7 Å². The predicted octanol–water partition coefficient (Wildman–Crippen LogP) is 3.62. The fourth-order valence-corrected chi connectivity index (χ4v) is 6.74. The van der Waals surface area contributed by atoms with Crippen LogP contribution in [0.3, 0.4) is 0 Å². The van der Waals surface area contributed by atoms with E-state index in [2.05, 4.69) is 5.32 Å². The number of piperidine rings is 1. The molecule has 2 aliphatic rings. The smallest absolute Gasteiger partial charge is 0.252 e. The number of carbonyl (C=O) groups excluding carboxylic acids is 1. The van der Waals surface area contributed by atoms with Crippen LogP contribution in [0.2, 0.25) is 0 Å². The normalized spacial score (nSPS) is 22.7. The maximum atomic E-state index is 12.6. The number of rotatable bonds is 5. The minimum atomic E-state index is -3.36. The Morgan fingerprint density at radius 2 is 1.81 bits per heavy atom. The molecule has 2 heterocycles. The quantitative estimate of drug-likeness (QED) is 0.770. The number of hydrogen-bond donors (Lipinski definition) is 1. The van der Waals surface area contributed by atoms with Crippen LogP contribution < -0.4 is 5.32 Å². The third-order valence-electron chi connectivity index (χ3n) is 5.91. The fourth-order valence-electron chi connectivity index (χ4n) is 4.12. The highest BCUT2D eigenvalue weighted by Gasteiger charge is 2.34. The van der Waals surface area contributed by atoms with Gasteiger partial charge in [0, 0.05) is 25.0 Å². The van der Waals surface area contributed by atoms with Crippen molar-refractivity contribution in [3.8, 4) is 0 Å². The topological polar surface area (TPSA) is 66.5 Å². The molecule has 1 atom stereocenters. The molecule has 1 aliphatic heterocycles. The van der Waals surface area contributed by atoms with Gasteiger partial charge in [-0.05, 0) is 43.0 Å². The van der Waals surface area contributed by atoms with E-state index in [9.17, 15) is 13.2 Å². The van der Waals surface area contributed by atoms with Gasteiger partial charge >= 0.3 is 0 Å². The number of carbonyl (C=O) groups is 1. The second kappa shape index (κ2) is 8.85. The third-order valence-corrected chi connectivity index (χ3v) is 9.18. The SMILES string of the molecule is C[C@H](C(=O)NC1CCCCCC1)C1CCN(S(=O)(=O)c2cccs2)CC1. The van der Waals surface area contributed by atoms with Gasteiger partial charge in [-0.3, -0.25) is 4.79 Å². The highest BCUT2D eigenvalue weighted by Crippen LogP contribution is 2.30. The van der Waals surface area contributed by atoms with Gasteiger partial charge in [-0.25, -0.2) is 8.42 Å². The van der Waals surface area contributed by atoms with E-state index in [0.717, 1.165) is 25.7 Å². The van der Waals surface area contributed by atoms with Crippen LogP contribution in [0.25, 0.3) is 0 Å². The number of thiophene rings is 1. The lowest BCUT2D eigenvalue weighted by Gasteiger charge is -2.34. The molecule has 1 saturated heterocycles. The molecule has 1 N–H and O–H groups in total. The van der Waals surface area contributed by atoms with E-state index in [1.54, 1.807) is 21.8 Å². The fraction of sp³-hybridized carbons (Fsp3) is 0.737. The van der Waals surface area contributed by atoms with E-state index in [0.29, 0.717) is 23.3 Å². The zero-order valence-electron chi connectivity index (χ0n) is 15.5. The largest absolute Gasteiger partial charge is 0.353 e. The summed E-state index contributed by atoms with van der Waals surface area (Å²) >= 11 is 1.26. The van der Waals surface area contributed by atoms with E-state index in [4.69, 9.17) is 0 Å². The Morgan fingerprint density at radius 1 is 1.15 bits per heavy atom. The molecule has 0 radical (unpaired) electrons. The molecule has 1 aromatic heterocycles. The van der Waals surface area contributed by atoms with E-state index in [1.807, 2.05) is 6.92 Å². The molecule has 1 amide bonds. The Hall–Kier alpha value is -0.920. The highest BCUT2D eigenvalue weighted by molar-refractivity contribution is 7.91. The van der Waals surface area contributed by atoms with Crippen LogP contribution in [0.4, 0.5) is 0 Å². The molecule has 1 aromatic rings. The summed E-state index contributed by atoms with van der Waals surface area (Å²) in [5.41, 5.74) is 0. The number of nitrogens with one attached hydrogen (secondary N) is 1. The van der Waals surface area contributed by atoms with E-state index in [-0.39, 0.29) is 17.7 Å². The van der Waals surface area contributed by atoms with Crippen LogP contribution >= 0.6 is 11.3 Å². The zero-order valence-corrected chi connectivity index (χ0v) is 17.2. The Kier molecular flexibility index (Phi) is 6.75. The Labute approximate surface area is 161 Å². The van der Waals surface area contributed by atoms with Gasteiger partial charge in [0.2, 0.25) is 5.91 Å². The lowest BCUT2D eigenvalue weighted by Crippen LogP contribution is -2.44. The number of hydrogen-bond acceptors (Lipinski definition) is 4. The average Bonchev–Trinajstić information content (AvgIpc) is 3.08. The van der Waals surface area contributed by atoms with Crippen LogP contribution in [0.15, 0.2) is 21.7 Å². The summed E-state index contributed by atoms with van der Waals surface area (Å²) in [6.45, 7) is 3.01. The first-order valence-corrected chi connectivity index (χ1v) is 12.1. The minimum absolute atomic E-state index is 0.0511. The lowest BCUT2D eigenvalue weighted by atomic mass is 9.85. The molecule has 26 heavy (non-hydrogen) atoms.